The van der Waals surface area contributed by atoms with Crippen LogP contribution in [-0.2, 0) is 6.54 Å². The highest BCUT2D eigenvalue weighted by Gasteiger charge is 2.38. The molecule has 1 fully saturated rings. The van der Waals surface area contributed by atoms with Gasteiger partial charge >= 0.3 is 0 Å². The molecule has 1 aliphatic heterocycles. The van der Waals surface area contributed by atoms with Crippen LogP contribution in [0.1, 0.15) is 30.4 Å². The quantitative estimate of drug-likeness (QED) is 0.875. The summed E-state index contributed by atoms with van der Waals surface area (Å²) in [4.78, 5) is 2.24. The van der Waals surface area contributed by atoms with Crippen LogP contribution in [-0.4, -0.2) is 23.5 Å². The standard InChI is InChI=1S/C19H22F2N2O/c1-13-19(22-24)16(17-11-15(20)7-8-18(17)21)9-10-23(13)12-14-5-3-2-4-6-14/h2-8,11,13,16,19H,9-10,12,22H2,1H3/t13?,16-,19+/m1/s1. The Morgan fingerprint density at radius 1 is 1.17 bits per heavy atom. The summed E-state index contributed by atoms with van der Waals surface area (Å²) < 4.78 is 27.7. The molecule has 5 heteroatoms. The fourth-order valence-electron chi connectivity index (χ4n) is 3.69. The first-order valence-electron chi connectivity index (χ1n) is 8.28. The van der Waals surface area contributed by atoms with Crippen molar-refractivity contribution in [2.75, 3.05) is 6.54 Å². The molecule has 1 aliphatic rings. The molecule has 0 saturated carbocycles. The summed E-state index contributed by atoms with van der Waals surface area (Å²) in [6.45, 7) is 3.50. The van der Waals surface area contributed by atoms with Gasteiger partial charge in [-0.15, -0.1) is 0 Å². The molecule has 0 radical (unpaired) electrons. The summed E-state index contributed by atoms with van der Waals surface area (Å²) in [6, 6.07) is 13.2. The third-order valence-electron chi connectivity index (χ3n) is 5.07. The molecule has 1 unspecified atom stereocenters. The van der Waals surface area contributed by atoms with Crippen molar-refractivity contribution in [3.05, 3.63) is 76.5 Å². The van der Waals surface area contributed by atoms with Gasteiger partial charge in [0.05, 0.1) is 6.04 Å². The summed E-state index contributed by atoms with van der Waals surface area (Å²) in [5.74, 6) is -1.17. The van der Waals surface area contributed by atoms with Crippen LogP contribution >= 0.6 is 0 Å². The maximum absolute atomic E-state index is 14.1. The maximum atomic E-state index is 14.1. The normalized spacial score (nSPS) is 24.9. The van der Waals surface area contributed by atoms with Crippen LogP contribution in [0.25, 0.3) is 0 Å². The molecular weight excluding hydrogens is 310 g/mol. The average Bonchev–Trinajstić information content (AvgIpc) is 2.59. The van der Waals surface area contributed by atoms with Gasteiger partial charge in [-0.3, -0.25) is 4.90 Å². The summed E-state index contributed by atoms with van der Waals surface area (Å²) in [7, 11) is 0. The Balaban J connectivity index is 1.80. The van der Waals surface area contributed by atoms with E-state index in [2.05, 4.69) is 17.0 Å². The van der Waals surface area contributed by atoms with Crippen molar-refractivity contribution in [1.29, 1.82) is 0 Å². The molecule has 0 spiro atoms. The number of nitrogens with zero attached hydrogens (tertiary/aromatic N) is 1. The predicted octanol–water partition coefficient (Wildman–Crippen LogP) is 2.77. The van der Waals surface area contributed by atoms with Crippen LogP contribution in [0.4, 0.5) is 8.78 Å². The highest BCUT2D eigenvalue weighted by atomic mass is 19.1. The summed E-state index contributed by atoms with van der Waals surface area (Å²) in [5, 5.41) is 11.7. The van der Waals surface area contributed by atoms with E-state index in [0.29, 0.717) is 12.0 Å². The number of hydrogen-bond acceptors (Lipinski definition) is 2. The van der Waals surface area contributed by atoms with Gasteiger partial charge in [0.1, 0.15) is 17.7 Å². The van der Waals surface area contributed by atoms with Crippen LogP contribution in [0.5, 0.6) is 0 Å². The van der Waals surface area contributed by atoms with E-state index in [0.717, 1.165) is 30.7 Å². The van der Waals surface area contributed by atoms with Gasteiger partial charge in [0.2, 0.25) is 0 Å². The van der Waals surface area contributed by atoms with Gasteiger partial charge in [0.25, 0.3) is 0 Å². The molecule has 0 aromatic heterocycles. The molecule has 128 valence electrons. The molecule has 1 saturated heterocycles. The SMILES string of the molecule is CC1[C@H]([NH2+][O-])[C@@H](c2cc(F)ccc2F)CCN1Cc1ccccc1. The lowest BCUT2D eigenvalue weighted by atomic mass is 9.81. The predicted molar refractivity (Wildman–Crippen MR) is 89.1 cm³/mol. The molecule has 1 heterocycles. The minimum absolute atomic E-state index is 0.0240. The highest BCUT2D eigenvalue weighted by Crippen LogP contribution is 2.32. The van der Waals surface area contributed by atoms with E-state index in [9.17, 15) is 14.0 Å². The third kappa shape index (κ3) is 3.48. The van der Waals surface area contributed by atoms with Gasteiger partial charge < -0.3 is 10.7 Å². The van der Waals surface area contributed by atoms with Crippen LogP contribution in [0.3, 0.4) is 0 Å². The number of rotatable bonds is 4. The lowest BCUT2D eigenvalue weighted by Gasteiger charge is -2.43. The zero-order valence-corrected chi connectivity index (χ0v) is 13.7. The second kappa shape index (κ2) is 7.38. The minimum Gasteiger partial charge on any atom is -0.636 e. The molecule has 3 nitrogen and oxygen atoms in total. The molecular formula is C19H22F2N2O. The lowest BCUT2D eigenvalue weighted by Crippen LogP contribution is -2.90. The van der Waals surface area contributed by atoms with Crippen LogP contribution in [0.2, 0.25) is 0 Å². The van der Waals surface area contributed by atoms with Crippen LogP contribution in [0.15, 0.2) is 48.5 Å². The highest BCUT2D eigenvalue weighted by molar-refractivity contribution is 5.25. The van der Waals surface area contributed by atoms with Crippen molar-refractivity contribution >= 4 is 0 Å². The Morgan fingerprint density at radius 3 is 2.62 bits per heavy atom. The summed E-state index contributed by atoms with van der Waals surface area (Å²) >= 11 is 0. The Kier molecular flexibility index (Phi) is 5.23. The number of nitrogens with two attached hydrogens (primary N) is 1. The molecule has 2 aromatic rings. The number of piperidine rings is 1. The van der Waals surface area contributed by atoms with Crippen LogP contribution < -0.4 is 5.48 Å². The molecule has 24 heavy (non-hydrogen) atoms. The molecule has 0 amide bonds. The lowest BCUT2D eigenvalue weighted by molar-refractivity contribution is -0.639. The van der Waals surface area contributed by atoms with E-state index in [4.69, 9.17) is 0 Å². The van der Waals surface area contributed by atoms with E-state index >= 15 is 0 Å². The number of hydroxylamine groups is 1. The number of hydrogen-bond donors (Lipinski definition) is 1. The molecule has 2 aromatic carbocycles. The maximum Gasteiger partial charge on any atom is 0.127 e. The van der Waals surface area contributed by atoms with Gasteiger partial charge in [0.15, 0.2) is 0 Å². The first kappa shape index (κ1) is 17.0. The van der Waals surface area contributed by atoms with Crippen molar-refractivity contribution in [2.24, 2.45) is 0 Å². The second-order valence-corrected chi connectivity index (χ2v) is 6.47. The topological polar surface area (TPSA) is 42.9 Å². The Morgan fingerprint density at radius 2 is 1.92 bits per heavy atom. The Hall–Kier alpha value is -1.82. The van der Waals surface area contributed by atoms with E-state index in [1.165, 1.54) is 11.6 Å². The van der Waals surface area contributed by atoms with Crippen molar-refractivity contribution in [1.82, 2.24) is 4.90 Å². The first-order chi connectivity index (χ1) is 11.6. The van der Waals surface area contributed by atoms with Crippen molar-refractivity contribution < 1.29 is 14.3 Å². The molecule has 3 atom stereocenters. The van der Waals surface area contributed by atoms with Gasteiger partial charge in [-0.1, -0.05) is 30.3 Å². The van der Waals surface area contributed by atoms with Crippen molar-refractivity contribution in [3.63, 3.8) is 0 Å². The largest absolute Gasteiger partial charge is 0.636 e. The summed E-state index contributed by atoms with van der Waals surface area (Å²) in [6.07, 6.45) is 0.640. The average molecular weight is 332 g/mol. The van der Waals surface area contributed by atoms with Gasteiger partial charge in [0, 0.05) is 12.5 Å². The van der Waals surface area contributed by atoms with Gasteiger partial charge in [-0.25, -0.2) is 8.78 Å². The zero-order chi connectivity index (χ0) is 17.1. The molecule has 0 aliphatic carbocycles. The first-order valence-corrected chi connectivity index (χ1v) is 8.28. The zero-order valence-electron chi connectivity index (χ0n) is 13.7. The van der Waals surface area contributed by atoms with Gasteiger partial charge in [-0.2, -0.15) is 0 Å². The number of benzene rings is 2. The van der Waals surface area contributed by atoms with E-state index in [-0.39, 0.29) is 18.0 Å². The number of likely N-dealkylation sites (tertiary alicyclic amines) is 1. The van der Waals surface area contributed by atoms with E-state index in [1.807, 2.05) is 25.1 Å². The number of quaternary nitrogens is 1. The van der Waals surface area contributed by atoms with Gasteiger partial charge in [-0.05, 0) is 49.2 Å². The smallest absolute Gasteiger partial charge is 0.127 e. The minimum atomic E-state index is -0.463. The summed E-state index contributed by atoms with van der Waals surface area (Å²) in [5.41, 5.74) is 2.40. The van der Waals surface area contributed by atoms with Crippen molar-refractivity contribution in [2.45, 2.75) is 37.9 Å². The van der Waals surface area contributed by atoms with Crippen molar-refractivity contribution in [3.8, 4) is 0 Å². The van der Waals surface area contributed by atoms with E-state index < -0.39 is 11.6 Å². The molecule has 2 N–H and O–H groups in total. The van der Waals surface area contributed by atoms with Crippen LogP contribution in [0, 0.1) is 16.8 Å². The Bertz CT molecular complexity index is 680. The second-order valence-electron chi connectivity index (χ2n) is 6.47. The Labute approximate surface area is 140 Å². The fraction of sp³-hybridized carbons (Fsp3) is 0.368. The molecule has 3 rings (SSSR count). The fourth-order valence-corrected chi connectivity index (χ4v) is 3.69. The number of halogens is 2. The monoisotopic (exact) mass is 332 g/mol. The van der Waals surface area contributed by atoms with E-state index in [1.54, 1.807) is 0 Å². The third-order valence-corrected chi connectivity index (χ3v) is 5.07. The molecule has 0 bridgehead atoms.